The van der Waals surface area contributed by atoms with E-state index in [4.69, 9.17) is 0 Å². The van der Waals surface area contributed by atoms with Gasteiger partial charge >= 0.3 is 0 Å². The molecule has 0 radical (unpaired) electrons. The minimum atomic E-state index is 0.214. The molecule has 2 heteroatoms. The fraction of sp³-hybridized carbons (Fsp3) is 0.353. The first kappa shape index (κ1) is 13.6. The molecule has 2 nitrogen and oxygen atoms in total. The molecule has 0 saturated heterocycles. The molecule has 0 aliphatic carbocycles. The van der Waals surface area contributed by atoms with Gasteiger partial charge in [0.25, 0.3) is 0 Å². The molecule has 0 atom stereocenters. The van der Waals surface area contributed by atoms with Gasteiger partial charge in [0.15, 0.2) is 0 Å². The van der Waals surface area contributed by atoms with Crippen LogP contribution in [0.1, 0.15) is 31.9 Å². The number of hydrogen-bond acceptors (Lipinski definition) is 2. The van der Waals surface area contributed by atoms with Crippen molar-refractivity contribution in [2.75, 3.05) is 11.9 Å². The smallest absolute Gasteiger partial charge is 0.128 e. The number of anilines is 1. The summed E-state index contributed by atoms with van der Waals surface area (Å²) in [6.45, 7) is 7.59. The van der Waals surface area contributed by atoms with Crippen molar-refractivity contribution < 1.29 is 0 Å². The minimum absolute atomic E-state index is 0.214. The van der Waals surface area contributed by atoms with Crippen molar-refractivity contribution in [3.05, 3.63) is 59.8 Å². The van der Waals surface area contributed by atoms with Gasteiger partial charge in [-0.05, 0) is 28.7 Å². The van der Waals surface area contributed by atoms with Crippen LogP contribution >= 0.6 is 0 Å². The van der Waals surface area contributed by atoms with Gasteiger partial charge in [-0.2, -0.15) is 0 Å². The maximum atomic E-state index is 4.36. The highest BCUT2D eigenvalue weighted by molar-refractivity contribution is 5.38. The Morgan fingerprint density at radius 3 is 2.21 bits per heavy atom. The summed E-state index contributed by atoms with van der Waals surface area (Å²) >= 11 is 0. The fourth-order valence-corrected chi connectivity index (χ4v) is 2.04. The molecular formula is C17H22N2. The monoisotopic (exact) mass is 254 g/mol. The zero-order valence-corrected chi connectivity index (χ0v) is 12.2. The summed E-state index contributed by atoms with van der Waals surface area (Å²) in [6.07, 6.45) is 1.83. The molecule has 19 heavy (non-hydrogen) atoms. The van der Waals surface area contributed by atoms with Gasteiger partial charge in [-0.3, -0.25) is 0 Å². The van der Waals surface area contributed by atoms with Crippen LogP contribution in [0.2, 0.25) is 0 Å². The van der Waals surface area contributed by atoms with E-state index in [1.165, 1.54) is 11.1 Å². The van der Waals surface area contributed by atoms with Crippen LogP contribution < -0.4 is 4.90 Å². The second-order valence-corrected chi connectivity index (χ2v) is 5.99. The second-order valence-electron chi connectivity index (χ2n) is 5.99. The number of hydrogen-bond donors (Lipinski definition) is 0. The van der Waals surface area contributed by atoms with Gasteiger partial charge in [-0.15, -0.1) is 0 Å². The standard InChI is InChI=1S/C17H22N2/c1-17(2,3)15-10-8-14(9-11-15)13-19(4)16-7-5-6-12-18-16/h5-12H,13H2,1-4H3. The second kappa shape index (κ2) is 5.43. The van der Waals surface area contributed by atoms with Crippen LogP contribution in [-0.2, 0) is 12.0 Å². The van der Waals surface area contributed by atoms with Crippen molar-refractivity contribution in [2.45, 2.75) is 32.7 Å². The molecule has 0 fully saturated rings. The van der Waals surface area contributed by atoms with Crippen molar-refractivity contribution in [2.24, 2.45) is 0 Å². The van der Waals surface area contributed by atoms with Crippen LogP contribution in [0.15, 0.2) is 48.7 Å². The van der Waals surface area contributed by atoms with Gasteiger partial charge in [-0.25, -0.2) is 4.98 Å². The summed E-state index contributed by atoms with van der Waals surface area (Å²) in [5.74, 6) is 1.00. The average Bonchev–Trinajstić information content (AvgIpc) is 2.39. The van der Waals surface area contributed by atoms with E-state index in [-0.39, 0.29) is 5.41 Å². The van der Waals surface area contributed by atoms with E-state index in [0.717, 1.165) is 12.4 Å². The molecule has 0 spiro atoms. The highest BCUT2D eigenvalue weighted by atomic mass is 15.2. The lowest BCUT2D eigenvalue weighted by molar-refractivity contribution is 0.590. The number of nitrogens with zero attached hydrogens (tertiary/aromatic N) is 2. The van der Waals surface area contributed by atoms with Crippen LogP contribution in [0, 0.1) is 0 Å². The number of pyridine rings is 1. The molecule has 1 aromatic carbocycles. The van der Waals surface area contributed by atoms with Gasteiger partial charge in [-0.1, -0.05) is 51.1 Å². The maximum Gasteiger partial charge on any atom is 0.128 e. The van der Waals surface area contributed by atoms with Gasteiger partial charge in [0.05, 0.1) is 0 Å². The Morgan fingerprint density at radius 2 is 1.68 bits per heavy atom. The molecule has 0 N–H and O–H groups in total. The van der Waals surface area contributed by atoms with Crippen LogP contribution in [0.3, 0.4) is 0 Å². The van der Waals surface area contributed by atoms with E-state index in [2.05, 4.69) is 62.0 Å². The largest absolute Gasteiger partial charge is 0.355 e. The first-order valence-electron chi connectivity index (χ1n) is 6.68. The number of benzene rings is 1. The van der Waals surface area contributed by atoms with Gasteiger partial charge in [0.2, 0.25) is 0 Å². The van der Waals surface area contributed by atoms with E-state index in [1.807, 2.05) is 24.4 Å². The Balaban J connectivity index is 2.08. The van der Waals surface area contributed by atoms with Crippen molar-refractivity contribution >= 4 is 5.82 Å². The third-order valence-electron chi connectivity index (χ3n) is 3.28. The van der Waals surface area contributed by atoms with Crippen molar-refractivity contribution in [1.82, 2.24) is 4.98 Å². The molecule has 0 aliphatic rings. The lowest BCUT2D eigenvalue weighted by Crippen LogP contribution is -2.17. The van der Waals surface area contributed by atoms with Crippen LogP contribution in [0.4, 0.5) is 5.82 Å². The van der Waals surface area contributed by atoms with Crippen LogP contribution in [0.5, 0.6) is 0 Å². The first-order chi connectivity index (χ1) is 8.97. The van der Waals surface area contributed by atoms with Gasteiger partial charge in [0, 0.05) is 19.8 Å². The lowest BCUT2D eigenvalue weighted by atomic mass is 9.87. The molecule has 0 amide bonds. The number of rotatable bonds is 3. The molecule has 0 aliphatic heterocycles. The van der Waals surface area contributed by atoms with Crippen molar-refractivity contribution in [1.29, 1.82) is 0 Å². The topological polar surface area (TPSA) is 16.1 Å². The zero-order valence-electron chi connectivity index (χ0n) is 12.2. The third kappa shape index (κ3) is 3.57. The SMILES string of the molecule is CN(Cc1ccc(C(C)(C)C)cc1)c1ccccn1. The molecule has 2 rings (SSSR count). The minimum Gasteiger partial charge on any atom is -0.355 e. The molecule has 100 valence electrons. The molecule has 1 aromatic heterocycles. The predicted molar refractivity (Wildman–Crippen MR) is 81.5 cm³/mol. The quantitative estimate of drug-likeness (QED) is 0.822. The molecular weight excluding hydrogens is 232 g/mol. The summed E-state index contributed by atoms with van der Waals surface area (Å²) < 4.78 is 0. The molecule has 1 heterocycles. The summed E-state index contributed by atoms with van der Waals surface area (Å²) in [4.78, 5) is 6.52. The van der Waals surface area contributed by atoms with Crippen molar-refractivity contribution in [3.63, 3.8) is 0 Å². The average molecular weight is 254 g/mol. The lowest BCUT2D eigenvalue weighted by Gasteiger charge is -2.21. The zero-order chi connectivity index (χ0) is 13.9. The van der Waals surface area contributed by atoms with E-state index >= 15 is 0 Å². The summed E-state index contributed by atoms with van der Waals surface area (Å²) in [5, 5.41) is 0. The maximum absolute atomic E-state index is 4.36. The normalized spacial score (nSPS) is 11.4. The van der Waals surface area contributed by atoms with E-state index in [0.29, 0.717) is 0 Å². The predicted octanol–water partition coefficient (Wildman–Crippen LogP) is 4.02. The van der Waals surface area contributed by atoms with E-state index in [9.17, 15) is 0 Å². The van der Waals surface area contributed by atoms with Crippen molar-refractivity contribution in [3.8, 4) is 0 Å². The number of aromatic nitrogens is 1. The summed E-state index contributed by atoms with van der Waals surface area (Å²) in [6, 6.07) is 14.9. The van der Waals surface area contributed by atoms with E-state index < -0.39 is 0 Å². The fourth-order valence-electron chi connectivity index (χ4n) is 2.04. The van der Waals surface area contributed by atoms with Gasteiger partial charge < -0.3 is 4.90 Å². The Labute approximate surface area is 116 Å². The highest BCUT2D eigenvalue weighted by Crippen LogP contribution is 2.22. The third-order valence-corrected chi connectivity index (χ3v) is 3.28. The Hall–Kier alpha value is -1.83. The Kier molecular flexibility index (Phi) is 3.89. The van der Waals surface area contributed by atoms with E-state index in [1.54, 1.807) is 0 Å². The molecule has 0 bridgehead atoms. The molecule has 0 saturated carbocycles. The van der Waals surface area contributed by atoms with Gasteiger partial charge in [0.1, 0.15) is 5.82 Å². The Bertz CT molecular complexity index is 509. The highest BCUT2D eigenvalue weighted by Gasteiger charge is 2.13. The van der Waals surface area contributed by atoms with Crippen LogP contribution in [0.25, 0.3) is 0 Å². The summed E-state index contributed by atoms with van der Waals surface area (Å²) in [5.41, 5.74) is 2.89. The Morgan fingerprint density at radius 1 is 1.00 bits per heavy atom. The first-order valence-corrected chi connectivity index (χ1v) is 6.68. The summed E-state index contributed by atoms with van der Waals surface area (Å²) in [7, 11) is 2.07. The van der Waals surface area contributed by atoms with Crippen LogP contribution in [-0.4, -0.2) is 12.0 Å². The molecule has 2 aromatic rings. The molecule has 0 unspecified atom stereocenters.